The van der Waals surface area contributed by atoms with Crippen LogP contribution in [0.25, 0.3) is 0 Å². The fourth-order valence-corrected chi connectivity index (χ4v) is 4.21. The molecule has 2 aliphatic rings. The van der Waals surface area contributed by atoms with E-state index < -0.39 is 5.54 Å². The van der Waals surface area contributed by atoms with Crippen molar-refractivity contribution in [2.75, 3.05) is 39.3 Å². The lowest BCUT2D eigenvalue weighted by Gasteiger charge is -2.35. The predicted molar refractivity (Wildman–Crippen MR) is 107 cm³/mol. The molecule has 146 valence electrons. The van der Waals surface area contributed by atoms with Crippen molar-refractivity contribution in [3.63, 3.8) is 0 Å². The van der Waals surface area contributed by atoms with Crippen molar-refractivity contribution >= 4 is 5.91 Å². The molecular weight excluding hydrogens is 336 g/mol. The maximum atomic E-state index is 12.5. The summed E-state index contributed by atoms with van der Waals surface area (Å²) in [5.74, 6) is 0.0104. The van der Waals surface area contributed by atoms with Crippen LogP contribution in [0.1, 0.15) is 44.1 Å². The Hall–Kier alpha value is -1.90. The summed E-state index contributed by atoms with van der Waals surface area (Å²) in [6, 6.07) is 13.0. The van der Waals surface area contributed by atoms with Gasteiger partial charge in [0.05, 0.1) is 12.6 Å². The normalized spacial score (nSPS) is 21.1. The van der Waals surface area contributed by atoms with Crippen LogP contribution < -0.4 is 5.32 Å². The van der Waals surface area contributed by atoms with Crippen LogP contribution in [0.2, 0.25) is 0 Å². The molecule has 1 saturated carbocycles. The molecule has 0 bridgehead atoms. The van der Waals surface area contributed by atoms with E-state index in [2.05, 4.69) is 51.5 Å². The van der Waals surface area contributed by atoms with Gasteiger partial charge in [0.2, 0.25) is 5.91 Å². The number of nitrogens with one attached hydrogen (secondary N) is 1. The van der Waals surface area contributed by atoms with Crippen molar-refractivity contribution in [2.45, 2.75) is 50.5 Å². The van der Waals surface area contributed by atoms with Crippen LogP contribution in [0.4, 0.5) is 0 Å². The van der Waals surface area contributed by atoms with Crippen molar-refractivity contribution in [2.24, 2.45) is 0 Å². The number of nitriles is 1. The number of benzene rings is 1. The topological polar surface area (TPSA) is 59.4 Å². The Balaban J connectivity index is 1.39. The van der Waals surface area contributed by atoms with Gasteiger partial charge in [-0.25, -0.2) is 0 Å². The molecule has 0 atom stereocenters. The largest absolute Gasteiger partial charge is 0.337 e. The van der Waals surface area contributed by atoms with Crippen LogP contribution in [0.15, 0.2) is 30.3 Å². The van der Waals surface area contributed by atoms with Gasteiger partial charge in [0, 0.05) is 32.7 Å². The lowest BCUT2D eigenvalue weighted by molar-refractivity contribution is -0.124. The van der Waals surface area contributed by atoms with Crippen molar-refractivity contribution < 1.29 is 4.79 Å². The van der Waals surface area contributed by atoms with E-state index in [1.54, 1.807) is 0 Å². The van der Waals surface area contributed by atoms with Crippen LogP contribution in [0, 0.1) is 11.3 Å². The maximum absolute atomic E-state index is 12.5. The zero-order chi connectivity index (χ0) is 19.0. The van der Waals surface area contributed by atoms with Gasteiger partial charge in [-0.05, 0) is 24.8 Å². The molecule has 5 heteroatoms. The van der Waals surface area contributed by atoms with Crippen LogP contribution in [0.3, 0.4) is 0 Å². The first-order valence-electron chi connectivity index (χ1n) is 10.4. The van der Waals surface area contributed by atoms with E-state index in [9.17, 15) is 10.1 Å². The van der Waals surface area contributed by atoms with Crippen molar-refractivity contribution in [3.8, 4) is 6.07 Å². The van der Waals surface area contributed by atoms with Crippen LogP contribution in [-0.4, -0.2) is 60.5 Å². The van der Waals surface area contributed by atoms with Crippen molar-refractivity contribution in [3.05, 3.63) is 35.9 Å². The number of carbonyl (C=O) groups is 1. The highest BCUT2D eigenvalue weighted by atomic mass is 16.2. The van der Waals surface area contributed by atoms with Gasteiger partial charge in [0.15, 0.2) is 0 Å². The predicted octanol–water partition coefficient (Wildman–Crippen LogP) is 2.58. The van der Waals surface area contributed by atoms with Gasteiger partial charge in [-0.15, -0.1) is 0 Å². The highest BCUT2D eigenvalue weighted by Crippen LogP contribution is 2.26. The molecule has 0 unspecified atom stereocenters. The first kappa shape index (κ1) is 19.9. The summed E-state index contributed by atoms with van der Waals surface area (Å²) in [7, 11) is 0. The number of amides is 1. The number of rotatable bonds is 6. The standard InChI is InChI=1S/C22H32N4O/c23-19-22(11-6-1-2-7-12-22)24-21(27)18-26-16-14-25(15-17-26)13-10-20-8-4-3-5-9-20/h3-5,8-9H,1-2,6-7,10-18H2,(H,24,27). The Kier molecular flexibility index (Phi) is 7.25. The smallest absolute Gasteiger partial charge is 0.235 e. The Morgan fingerprint density at radius 3 is 2.26 bits per heavy atom. The van der Waals surface area contributed by atoms with E-state index >= 15 is 0 Å². The molecule has 27 heavy (non-hydrogen) atoms. The molecule has 0 aromatic heterocycles. The van der Waals surface area contributed by atoms with E-state index in [0.717, 1.165) is 64.8 Å². The monoisotopic (exact) mass is 368 g/mol. The third-order valence-electron chi connectivity index (χ3n) is 5.94. The third kappa shape index (κ3) is 6.05. The quantitative estimate of drug-likeness (QED) is 0.784. The van der Waals surface area contributed by atoms with Crippen LogP contribution >= 0.6 is 0 Å². The molecule has 1 heterocycles. The minimum absolute atomic E-state index is 0.0104. The van der Waals surface area contributed by atoms with Crippen LogP contribution in [0.5, 0.6) is 0 Å². The molecule has 5 nitrogen and oxygen atoms in total. The molecule has 1 saturated heterocycles. The lowest BCUT2D eigenvalue weighted by Crippen LogP contribution is -2.53. The highest BCUT2D eigenvalue weighted by molar-refractivity contribution is 5.79. The van der Waals surface area contributed by atoms with E-state index in [0.29, 0.717) is 6.54 Å². The first-order chi connectivity index (χ1) is 13.2. The zero-order valence-electron chi connectivity index (χ0n) is 16.3. The number of nitrogens with zero attached hydrogens (tertiary/aromatic N) is 3. The van der Waals surface area contributed by atoms with Gasteiger partial charge < -0.3 is 10.2 Å². The average Bonchev–Trinajstić information content (AvgIpc) is 2.94. The molecular formula is C22H32N4O. The van der Waals surface area contributed by atoms with Gasteiger partial charge in [0.25, 0.3) is 0 Å². The van der Waals surface area contributed by atoms with Gasteiger partial charge in [-0.1, -0.05) is 56.0 Å². The summed E-state index contributed by atoms with van der Waals surface area (Å²) in [4.78, 5) is 17.2. The minimum atomic E-state index is -0.634. The van der Waals surface area contributed by atoms with E-state index in [1.165, 1.54) is 18.4 Å². The van der Waals surface area contributed by atoms with E-state index in [1.807, 2.05) is 0 Å². The summed E-state index contributed by atoms with van der Waals surface area (Å²) < 4.78 is 0. The number of piperazine rings is 1. The highest BCUT2D eigenvalue weighted by Gasteiger charge is 2.33. The SMILES string of the molecule is N#CC1(NC(=O)CN2CCN(CCc3ccccc3)CC2)CCCCCC1. The molecule has 1 amide bonds. The van der Waals surface area contributed by atoms with E-state index in [4.69, 9.17) is 0 Å². The van der Waals surface area contributed by atoms with Crippen molar-refractivity contribution in [1.82, 2.24) is 15.1 Å². The molecule has 0 radical (unpaired) electrons. The Labute approximate surface area is 163 Å². The second-order valence-corrected chi connectivity index (χ2v) is 8.01. The fourth-order valence-electron chi connectivity index (χ4n) is 4.21. The second-order valence-electron chi connectivity index (χ2n) is 8.01. The van der Waals surface area contributed by atoms with Gasteiger partial charge in [-0.3, -0.25) is 9.69 Å². The van der Waals surface area contributed by atoms with Gasteiger partial charge in [0.1, 0.15) is 5.54 Å². The molecule has 2 fully saturated rings. The minimum Gasteiger partial charge on any atom is -0.337 e. The molecule has 1 aliphatic heterocycles. The first-order valence-corrected chi connectivity index (χ1v) is 10.4. The van der Waals surface area contributed by atoms with Crippen molar-refractivity contribution in [1.29, 1.82) is 5.26 Å². The molecule has 1 N–H and O–H groups in total. The molecule has 1 aromatic rings. The number of carbonyl (C=O) groups excluding carboxylic acids is 1. The zero-order valence-corrected chi connectivity index (χ0v) is 16.3. The molecule has 1 aliphatic carbocycles. The number of hydrogen-bond acceptors (Lipinski definition) is 4. The summed E-state index contributed by atoms with van der Waals surface area (Å²) >= 11 is 0. The summed E-state index contributed by atoms with van der Waals surface area (Å²) in [6.07, 6.45) is 7.08. The molecule has 0 spiro atoms. The number of hydrogen-bond donors (Lipinski definition) is 1. The third-order valence-corrected chi connectivity index (χ3v) is 5.94. The molecule has 1 aromatic carbocycles. The average molecular weight is 369 g/mol. The summed E-state index contributed by atoms with van der Waals surface area (Å²) in [5, 5.41) is 12.7. The Morgan fingerprint density at radius 1 is 1.00 bits per heavy atom. The summed E-state index contributed by atoms with van der Waals surface area (Å²) in [5.41, 5.74) is 0.745. The maximum Gasteiger partial charge on any atom is 0.235 e. The van der Waals surface area contributed by atoms with E-state index in [-0.39, 0.29) is 5.91 Å². The van der Waals surface area contributed by atoms with Gasteiger partial charge in [-0.2, -0.15) is 5.26 Å². The van der Waals surface area contributed by atoms with Crippen LogP contribution in [-0.2, 0) is 11.2 Å². The second kappa shape index (κ2) is 9.87. The lowest BCUT2D eigenvalue weighted by atomic mass is 9.92. The van der Waals surface area contributed by atoms with Gasteiger partial charge >= 0.3 is 0 Å². The Morgan fingerprint density at radius 2 is 1.63 bits per heavy atom. The summed E-state index contributed by atoms with van der Waals surface area (Å²) in [6.45, 7) is 5.33. The fraction of sp³-hybridized carbons (Fsp3) is 0.636. The molecule has 3 rings (SSSR count). The Bertz CT molecular complexity index is 623.